The lowest BCUT2D eigenvalue weighted by molar-refractivity contribution is 0.228. The number of urea groups is 1. The molecule has 86 valence electrons. The molecule has 1 aliphatic heterocycles. The number of carbonyl (C=O) groups excluding carboxylic acids is 1. The second kappa shape index (κ2) is 3.48. The number of sulfonamides is 1. The molecule has 5 nitrogen and oxygen atoms in total. The normalized spacial score (nSPS) is 18.2. The fourth-order valence-electron chi connectivity index (χ4n) is 1.69. The zero-order valence-electron chi connectivity index (χ0n) is 8.97. The van der Waals surface area contributed by atoms with Crippen molar-refractivity contribution in [3.63, 3.8) is 0 Å². The van der Waals surface area contributed by atoms with Gasteiger partial charge in [-0.15, -0.1) is 0 Å². The first-order valence-corrected chi connectivity index (χ1v) is 6.33. The van der Waals surface area contributed by atoms with Crippen LogP contribution in [0.1, 0.15) is 13.8 Å². The number of amides is 2. The Morgan fingerprint density at radius 1 is 1.25 bits per heavy atom. The Labute approximate surface area is 94.1 Å². The number of carbonyl (C=O) groups is 1. The molecule has 1 aromatic carbocycles. The molecule has 0 radical (unpaired) electrons. The Bertz CT molecular complexity index is 537. The van der Waals surface area contributed by atoms with Gasteiger partial charge in [0, 0.05) is 6.04 Å². The van der Waals surface area contributed by atoms with Gasteiger partial charge in [0.15, 0.2) is 0 Å². The Hall–Kier alpha value is -1.56. The second-order valence-corrected chi connectivity index (χ2v) is 5.60. The largest absolute Gasteiger partial charge is 0.336 e. The van der Waals surface area contributed by atoms with Crippen LogP contribution in [-0.4, -0.2) is 24.8 Å². The van der Waals surface area contributed by atoms with Gasteiger partial charge in [0.2, 0.25) is 0 Å². The van der Waals surface area contributed by atoms with Crippen molar-refractivity contribution < 1.29 is 13.2 Å². The summed E-state index contributed by atoms with van der Waals surface area (Å²) in [5.74, 6) is 0. The van der Waals surface area contributed by atoms with Crippen LogP contribution in [0.4, 0.5) is 10.5 Å². The van der Waals surface area contributed by atoms with Crippen molar-refractivity contribution in [1.29, 1.82) is 0 Å². The third-order valence-electron chi connectivity index (χ3n) is 2.33. The van der Waals surface area contributed by atoms with Gasteiger partial charge in [0.25, 0.3) is 10.0 Å². The molecule has 0 saturated carbocycles. The average Bonchev–Trinajstić information content (AvgIpc) is 2.15. The van der Waals surface area contributed by atoms with Gasteiger partial charge >= 0.3 is 6.03 Å². The van der Waals surface area contributed by atoms with Crippen molar-refractivity contribution in [2.45, 2.75) is 24.8 Å². The molecular weight excluding hydrogens is 228 g/mol. The highest BCUT2D eigenvalue weighted by Crippen LogP contribution is 2.30. The number of hydrogen-bond donors (Lipinski definition) is 1. The summed E-state index contributed by atoms with van der Waals surface area (Å²) < 4.78 is 25.1. The van der Waals surface area contributed by atoms with Gasteiger partial charge in [-0.1, -0.05) is 12.1 Å². The van der Waals surface area contributed by atoms with Gasteiger partial charge in [0.05, 0.1) is 5.69 Å². The molecule has 0 aliphatic carbocycles. The summed E-state index contributed by atoms with van der Waals surface area (Å²) in [6.45, 7) is 3.32. The zero-order valence-corrected chi connectivity index (χ0v) is 9.78. The summed E-state index contributed by atoms with van der Waals surface area (Å²) >= 11 is 0. The second-order valence-electron chi connectivity index (χ2n) is 3.82. The highest BCUT2D eigenvalue weighted by molar-refractivity contribution is 7.90. The molecule has 0 saturated heterocycles. The number of nitrogens with one attached hydrogen (secondary N) is 1. The summed E-state index contributed by atoms with van der Waals surface area (Å²) in [4.78, 5) is 11.8. The number of fused-ring (bicyclic) bond motifs is 1. The minimum atomic E-state index is -3.71. The summed E-state index contributed by atoms with van der Waals surface area (Å²) in [6, 6.07) is 5.36. The van der Waals surface area contributed by atoms with E-state index in [1.807, 2.05) is 0 Å². The van der Waals surface area contributed by atoms with E-state index in [2.05, 4.69) is 5.32 Å². The average molecular weight is 240 g/mol. The molecule has 1 aromatic rings. The number of anilines is 1. The van der Waals surface area contributed by atoms with Crippen LogP contribution in [0.3, 0.4) is 0 Å². The van der Waals surface area contributed by atoms with Crippen molar-refractivity contribution >= 4 is 21.7 Å². The van der Waals surface area contributed by atoms with Crippen molar-refractivity contribution in [3.05, 3.63) is 24.3 Å². The molecule has 16 heavy (non-hydrogen) atoms. The summed E-state index contributed by atoms with van der Waals surface area (Å²) in [5.41, 5.74) is 0.337. The van der Waals surface area contributed by atoms with E-state index in [1.54, 1.807) is 32.0 Å². The van der Waals surface area contributed by atoms with Crippen LogP contribution in [-0.2, 0) is 10.0 Å². The molecule has 2 amide bonds. The van der Waals surface area contributed by atoms with E-state index in [-0.39, 0.29) is 4.90 Å². The molecule has 1 N–H and O–H groups in total. The van der Waals surface area contributed by atoms with E-state index in [0.717, 1.165) is 4.31 Å². The molecule has 1 heterocycles. The first-order valence-electron chi connectivity index (χ1n) is 4.89. The minimum absolute atomic E-state index is 0.142. The highest BCUT2D eigenvalue weighted by Gasteiger charge is 2.37. The molecule has 0 bridgehead atoms. The molecule has 2 rings (SSSR count). The molecule has 0 aromatic heterocycles. The molecule has 0 spiro atoms. The van der Waals surface area contributed by atoms with Crippen LogP contribution >= 0.6 is 0 Å². The van der Waals surface area contributed by atoms with Crippen LogP contribution in [0.25, 0.3) is 0 Å². The van der Waals surface area contributed by atoms with Crippen molar-refractivity contribution in [2.24, 2.45) is 0 Å². The first-order chi connectivity index (χ1) is 7.44. The first kappa shape index (κ1) is 10.9. The maximum Gasteiger partial charge on any atom is 0.336 e. The van der Waals surface area contributed by atoms with Crippen molar-refractivity contribution in [2.75, 3.05) is 5.32 Å². The zero-order chi connectivity index (χ0) is 11.9. The fourth-order valence-corrected chi connectivity index (χ4v) is 3.37. The van der Waals surface area contributed by atoms with E-state index in [0.29, 0.717) is 5.69 Å². The van der Waals surface area contributed by atoms with Gasteiger partial charge in [-0.3, -0.25) is 0 Å². The standard InChI is InChI=1S/C10H12N2O3S/c1-7(2)12-10(13)11-8-5-3-4-6-9(8)16(12,14)15/h3-7H,1-2H3,(H,11,13). The quantitative estimate of drug-likeness (QED) is 0.811. The van der Waals surface area contributed by atoms with Crippen LogP contribution in [0, 0.1) is 0 Å². The van der Waals surface area contributed by atoms with Gasteiger partial charge in [-0.25, -0.2) is 17.5 Å². The van der Waals surface area contributed by atoms with Crippen molar-refractivity contribution in [3.8, 4) is 0 Å². The van der Waals surface area contributed by atoms with E-state index >= 15 is 0 Å². The number of nitrogens with zero attached hydrogens (tertiary/aromatic N) is 1. The molecule has 0 fully saturated rings. The lowest BCUT2D eigenvalue weighted by Gasteiger charge is -2.31. The topological polar surface area (TPSA) is 66.5 Å². The predicted molar refractivity (Wildman–Crippen MR) is 59.6 cm³/mol. The molecule has 0 unspecified atom stereocenters. The van der Waals surface area contributed by atoms with Gasteiger partial charge in [-0.05, 0) is 26.0 Å². The van der Waals surface area contributed by atoms with Gasteiger partial charge < -0.3 is 5.32 Å². The number of rotatable bonds is 1. The Morgan fingerprint density at radius 2 is 1.88 bits per heavy atom. The van der Waals surface area contributed by atoms with E-state index in [9.17, 15) is 13.2 Å². The predicted octanol–water partition coefficient (Wildman–Crippen LogP) is 1.63. The fraction of sp³-hybridized carbons (Fsp3) is 0.300. The molecule has 0 atom stereocenters. The number of para-hydroxylation sites is 1. The van der Waals surface area contributed by atoms with Crippen molar-refractivity contribution in [1.82, 2.24) is 4.31 Å². The Kier molecular flexibility index (Phi) is 2.38. The molecule has 1 aliphatic rings. The van der Waals surface area contributed by atoms with Crippen LogP contribution < -0.4 is 5.32 Å². The van der Waals surface area contributed by atoms with E-state index in [4.69, 9.17) is 0 Å². The number of hydrogen-bond acceptors (Lipinski definition) is 3. The summed E-state index contributed by atoms with van der Waals surface area (Å²) in [5, 5.41) is 2.55. The lowest BCUT2D eigenvalue weighted by atomic mass is 10.3. The van der Waals surface area contributed by atoms with E-state index in [1.165, 1.54) is 6.07 Å². The van der Waals surface area contributed by atoms with Crippen LogP contribution in [0.5, 0.6) is 0 Å². The maximum atomic E-state index is 12.1. The van der Waals surface area contributed by atoms with Gasteiger partial charge in [0.1, 0.15) is 4.90 Å². The smallest absolute Gasteiger partial charge is 0.306 e. The number of benzene rings is 1. The summed E-state index contributed by atoms with van der Waals surface area (Å²) in [7, 11) is -3.71. The Morgan fingerprint density at radius 3 is 2.50 bits per heavy atom. The van der Waals surface area contributed by atoms with E-state index < -0.39 is 22.1 Å². The molecule has 6 heteroatoms. The monoisotopic (exact) mass is 240 g/mol. The third kappa shape index (κ3) is 1.46. The minimum Gasteiger partial charge on any atom is -0.306 e. The van der Waals surface area contributed by atoms with Crippen LogP contribution in [0.2, 0.25) is 0 Å². The Balaban J connectivity index is 2.65. The maximum absolute atomic E-state index is 12.1. The van der Waals surface area contributed by atoms with Gasteiger partial charge in [-0.2, -0.15) is 0 Å². The summed E-state index contributed by atoms with van der Waals surface area (Å²) in [6.07, 6.45) is 0. The lowest BCUT2D eigenvalue weighted by Crippen LogP contribution is -2.47. The highest BCUT2D eigenvalue weighted by atomic mass is 32.2. The molecular formula is C10H12N2O3S. The van der Waals surface area contributed by atoms with Crippen LogP contribution in [0.15, 0.2) is 29.2 Å². The third-order valence-corrected chi connectivity index (χ3v) is 4.35. The SMILES string of the molecule is CC(C)N1C(=O)Nc2ccccc2S1(=O)=O.